The molecule has 3 nitrogen and oxygen atoms in total. The zero-order valence-electron chi connectivity index (χ0n) is 10.4. The van der Waals surface area contributed by atoms with E-state index in [-0.39, 0.29) is 0 Å². The smallest absolute Gasteiger partial charge is 0.132 e. The van der Waals surface area contributed by atoms with E-state index in [1.54, 1.807) is 6.92 Å². The average molecular weight is 220 g/mol. The van der Waals surface area contributed by atoms with Gasteiger partial charge in [-0.3, -0.25) is 9.48 Å². The summed E-state index contributed by atoms with van der Waals surface area (Å²) in [6.07, 6.45) is 4.35. The predicted octanol–water partition coefficient (Wildman–Crippen LogP) is 2.59. The summed E-state index contributed by atoms with van der Waals surface area (Å²) in [5, 5.41) is 4.39. The summed E-state index contributed by atoms with van der Waals surface area (Å²) >= 11 is 0. The number of Topliss-reactive ketones (excluding diaryl/α,β-unsaturated/α-hetero) is 1. The summed E-state index contributed by atoms with van der Waals surface area (Å²) < 4.78 is 1.99. The zero-order chi connectivity index (χ0) is 11.7. The van der Waals surface area contributed by atoms with E-state index in [2.05, 4.69) is 11.2 Å². The van der Waals surface area contributed by atoms with Crippen LogP contribution in [0.5, 0.6) is 0 Å². The molecule has 0 aromatic carbocycles. The molecule has 1 aliphatic carbocycles. The van der Waals surface area contributed by atoms with E-state index in [4.69, 9.17) is 0 Å². The largest absolute Gasteiger partial charge is 0.300 e. The molecule has 0 saturated heterocycles. The first-order chi connectivity index (χ1) is 7.58. The van der Waals surface area contributed by atoms with Crippen molar-refractivity contribution in [3.63, 3.8) is 0 Å². The highest BCUT2D eigenvalue weighted by molar-refractivity contribution is 5.78. The normalized spacial score (nSPS) is 25.7. The van der Waals surface area contributed by atoms with Gasteiger partial charge in [-0.15, -0.1) is 0 Å². The minimum absolute atomic E-state index is 0.311. The molecule has 1 aromatic heterocycles. The lowest BCUT2D eigenvalue weighted by molar-refractivity contribution is -0.121. The van der Waals surface area contributed by atoms with E-state index in [0.29, 0.717) is 17.6 Å². The summed E-state index contributed by atoms with van der Waals surface area (Å²) in [5.41, 5.74) is 2.42. The number of nitrogens with zero attached hydrogens (tertiary/aromatic N) is 2. The van der Waals surface area contributed by atoms with Gasteiger partial charge in [0, 0.05) is 24.6 Å². The number of ketones is 1. The van der Waals surface area contributed by atoms with Gasteiger partial charge in [0.2, 0.25) is 0 Å². The molecule has 0 aliphatic heterocycles. The Bertz CT molecular complexity index is 387. The van der Waals surface area contributed by atoms with Gasteiger partial charge < -0.3 is 0 Å². The highest BCUT2D eigenvalue weighted by atomic mass is 16.1. The third-order valence-electron chi connectivity index (χ3n) is 3.76. The number of hydrogen-bond donors (Lipinski definition) is 0. The molecule has 1 fully saturated rings. The molecular formula is C13H20N2O. The Morgan fingerprint density at radius 3 is 2.44 bits per heavy atom. The lowest BCUT2D eigenvalue weighted by Gasteiger charge is -2.26. The Kier molecular flexibility index (Phi) is 3.13. The molecule has 0 bridgehead atoms. The molecule has 1 heterocycles. The van der Waals surface area contributed by atoms with Crippen LogP contribution in [0.4, 0.5) is 0 Å². The number of hydrogen-bond acceptors (Lipinski definition) is 2. The van der Waals surface area contributed by atoms with Gasteiger partial charge in [-0.25, -0.2) is 0 Å². The highest BCUT2D eigenvalue weighted by Gasteiger charge is 2.26. The molecular weight excluding hydrogens is 200 g/mol. The number of aromatic nitrogens is 2. The van der Waals surface area contributed by atoms with Crippen LogP contribution >= 0.6 is 0 Å². The topological polar surface area (TPSA) is 34.9 Å². The lowest BCUT2D eigenvalue weighted by Crippen LogP contribution is -2.20. The average Bonchev–Trinajstić information content (AvgIpc) is 2.58. The fraction of sp³-hybridized carbons (Fsp3) is 0.692. The molecule has 0 radical (unpaired) electrons. The number of aryl methyl sites for hydroxylation is 2. The molecule has 3 heteroatoms. The van der Waals surface area contributed by atoms with E-state index in [0.717, 1.165) is 31.4 Å². The molecule has 16 heavy (non-hydrogen) atoms. The summed E-state index contributed by atoms with van der Waals surface area (Å²) in [6, 6.07) is 2.18. The van der Waals surface area contributed by atoms with Crippen molar-refractivity contribution in [3.05, 3.63) is 17.5 Å². The van der Waals surface area contributed by atoms with Crippen LogP contribution in [0.15, 0.2) is 6.07 Å². The van der Waals surface area contributed by atoms with Gasteiger partial charge >= 0.3 is 0 Å². The standard InChI is InChI=1S/C13H20N2O/c1-9-8-13(15(3)14-9)12-6-4-11(5-7-12)10(2)16/h8,11-12H,4-7H2,1-3H3. The minimum Gasteiger partial charge on any atom is -0.300 e. The van der Waals surface area contributed by atoms with E-state index in [9.17, 15) is 4.79 Å². The van der Waals surface area contributed by atoms with Crippen LogP contribution in [0.3, 0.4) is 0 Å². The van der Waals surface area contributed by atoms with Crippen LogP contribution in [0.1, 0.15) is 49.9 Å². The van der Waals surface area contributed by atoms with Gasteiger partial charge in [0.25, 0.3) is 0 Å². The highest BCUT2D eigenvalue weighted by Crippen LogP contribution is 2.35. The maximum atomic E-state index is 11.3. The van der Waals surface area contributed by atoms with Crippen molar-refractivity contribution < 1.29 is 4.79 Å². The van der Waals surface area contributed by atoms with Gasteiger partial charge in [-0.2, -0.15) is 5.10 Å². The second-order valence-electron chi connectivity index (χ2n) is 4.99. The van der Waals surface area contributed by atoms with Crippen molar-refractivity contribution in [2.45, 2.75) is 45.4 Å². The first kappa shape index (κ1) is 11.4. The summed E-state index contributed by atoms with van der Waals surface area (Å²) in [7, 11) is 2.01. The maximum absolute atomic E-state index is 11.3. The Labute approximate surface area is 96.8 Å². The van der Waals surface area contributed by atoms with Crippen molar-refractivity contribution in [1.82, 2.24) is 9.78 Å². The van der Waals surface area contributed by atoms with E-state index in [1.807, 2.05) is 18.7 Å². The molecule has 1 aliphatic rings. The van der Waals surface area contributed by atoms with E-state index >= 15 is 0 Å². The van der Waals surface area contributed by atoms with Crippen LogP contribution < -0.4 is 0 Å². The third-order valence-corrected chi connectivity index (χ3v) is 3.76. The number of rotatable bonds is 2. The maximum Gasteiger partial charge on any atom is 0.132 e. The molecule has 1 aromatic rings. The van der Waals surface area contributed by atoms with Crippen molar-refractivity contribution in [3.8, 4) is 0 Å². The predicted molar refractivity (Wildman–Crippen MR) is 63.3 cm³/mol. The first-order valence-corrected chi connectivity index (χ1v) is 6.09. The molecule has 0 unspecified atom stereocenters. The van der Waals surface area contributed by atoms with Crippen LogP contribution in [0.2, 0.25) is 0 Å². The summed E-state index contributed by atoms with van der Waals surface area (Å²) in [4.78, 5) is 11.3. The first-order valence-electron chi connectivity index (χ1n) is 6.09. The Morgan fingerprint density at radius 2 is 2.00 bits per heavy atom. The second-order valence-corrected chi connectivity index (χ2v) is 4.99. The van der Waals surface area contributed by atoms with Crippen molar-refractivity contribution in [2.24, 2.45) is 13.0 Å². The van der Waals surface area contributed by atoms with Crippen molar-refractivity contribution >= 4 is 5.78 Å². The third kappa shape index (κ3) is 2.18. The Balaban J connectivity index is 2.04. The molecule has 1 saturated carbocycles. The fourth-order valence-corrected chi connectivity index (χ4v) is 2.81. The minimum atomic E-state index is 0.311. The van der Waals surface area contributed by atoms with Crippen LogP contribution in [0, 0.1) is 12.8 Å². The van der Waals surface area contributed by atoms with Crippen LogP contribution in [-0.4, -0.2) is 15.6 Å². The molecule has 0 N–H and O–H groups in total. The zero-order valence-corrected chi connectivity index (χ0v) is 10.4. The SMILES string of the molecule is CC(=O)C1CCC(c2cc(C)nn2C)CC1. The van der Waals surface area contributed by atoms with Crippen molar-refractivity contribution in [2.75, 3.05) is 0 Å². The fourth-order valence-electron chi connectivity index (χ4n) is 2.81. The molecule has 2 rings (SSSR count). The monoisotopic (exact) mass is 220 g/mol. The summed E-state index contributed by atoms with van der Waals surface area (Å²) in [6.45, 7) is 3.75. The van der Waals surface area contributed by atoms with Gasteiger partial charge in [0.1, 0.15) is 5.78 Å². The second kappa shape index (κ2) is 4.40. The number of carbonyl (C=O) groups is 1. The Hall–Kier alpha value is -1.12. The lowest BCUT2D eigenvalue weighted by atomic mass is 9.79. The van der Waals surface area contributed by atoms with Crippen molar-refractivity contribution in [1.29, 1.82) is 0 Å². The summed E-state index contributed by atoms with van der Waals surface area (Å²) in [5.74, 6) is 1.27. The Morgan fingerprint density at radius 1 is 1.38 bits per heavy atom. The van der Waals surface area contributed by atoms with Gasteiger partial charge in [-0.05, 0) is 45.6 Å². The van der Waals surface area contributed by atoms with Crippen LogP contribution in [-0.2, 0) is 11.8 Å². The van der Waals surface area contributed by atoms with Gasteiger partial charge in [0.05, 0.1) is 5.69 Å². The molecule has 0 amide bonds. The quantitative estimate of drug-likeness (QED) is 0.768. The number of carbonyl (C=O) groups excluding carboxylic acids is 1. The van der Waals surface area contributed by atoms with Gasteiger partial charge in [0.15, 0.2) is 0 Å². The molecule has 0 atom stereocenters. The van der Waals surface area contributed by atoms with E-state index in [1.165, 1.54) is 5.69 Å². The van der Waals surface area contributed by atoms with E-state index < -0.39 is 0 Å². The van der Waals surface area contributed by atoms with Crippen LogP contribution in [0.25, 0.3) is 0 Å². The molecule has 0 spiro atoms. The van der Waals surface area contributed by atoms with Gasteiger partial charge in [-0.1, -0.05) is 0 Å². The molecule has 88 valence electrons.